The fourth-order valence-electron chi connectivity index (χ4n) is 1.88. The number of hydrogen-bond acceptors (Lipinski definition) is 3. The predicted octanol–water partition coefficient (Wildman–Crippen LogP) is 3.76. The zero-order chi connectivity index (χ0) is 14.7. The van der Waals surface area contributed by atoms with Gasteiger partial charge in [0.1, 0.15) is 0 Å². The summed E-state index contributed by atoms with van der Waals surface area (Å²) in [5.41, 5.74) is 2.92. The van der Waals surface area contributed by atoms with Gasteiger partial charge in [-0.05, 0) is 49.8 Å². The van der Waals surface area contributed by atoms with E-state index in [2.05, 4.69) is 24.3 Å². The molecule has 0 spiro atoms. The molecule has 1 aromatic rings. The third-order valence-corrected chi connectivity index (χ3v) is 3.34. The fourth-order valence-corrected chi connectivity index (χ4v) is 2.03. The van der Waals surface area contributed by atoms with Gasteiger partial charge in [0.15, 0.2) is 0 Å². The van der Waals surface area contributed by atoms with Crippen molar-refractivity contribution in [1.82, 2.24) is 0 Å². The highest BCUT2D eigenvalue weighted by Crippen LogP contribution is 2.25. The number of allylic oxidation sites excluding steroid dienone is 4. The molecule has 0 saturated heterocycles. The third-order valence-electron chi connectivity index (χ3n) is 3.04. The molecule has 102 valence electrons. The van der Waals surface area contributed by atoms with Crippen molar-refractivity contribution in [2.75, 3.05) is 5.01 Å². The smallest absolute Gasteiger partial charge is 0.267 e. The van der Waals surface area contributed by atoms with Crippen LogP contribution < -0.4 is 5.01 Å². The summed E-state index contributed by atoms with van der Waals surface area (Å²) < 4.78 is 0. The van der Waals surface area contributed by atoms with E-state index in [0.717, 1.165) is 16.2 Å². The Balaban J connectivity index is 2.36. The van der Waals surface area contributed by atoms with Crippen LogP contribution in [0.5, 0.6) is 0 Å². The molecule has 1 aliphatic heterocycles. The molecule has 1 aliphatic rings. The number of amides is 1. The van der Waals surface area contributed by atoms with E-state index in [0.29, 0.717) is 11.3 Å². The Morgan fingerprint density at radius 1 is 1.35 bits per heavy atom. The van der Waals surface area contributed by atoms with Gasteiger partial charge in [-0.25, -0.2) is 0 Å². The summed E-state index contributed by atoms with van der Waals surface area (Å²) >= 11 is 4.23. The van der Waals surface area contributed by atoms with E-state index >= 15 is 0 Å². The van der Waals surface area contributed by atoms with Crippen LogP contribution in [0.25, 0.3) is 0 Å². The van der Waals surface area contributed by atoms with Crippen LogP contribution in [0.1, 0.15) is 13.8 Å². The zero-order valence-corrected chi connectivity index (χ0v) is 12.4. The first-order valence-electron chi connectivity index (χ1n) is 6.26. The van der Waals surface area contributed by atoms with Gasteiger partial charge in [0.25, 0.3) is 5.91 Å². The van der Waals surface area contributed by atoms with E-state index in [1.165, 1.54) is 5.01 Å². The number of anilines is 1. The lowest BCUT2D eigenvalue weighted by Gasteiger charge is -2.11. The van der Waals surface area contributed by atoms with Crippen molar-refractivity contribution in [3.8, 4) is 0 Å². The first-order valence-corrected chi connectivity index (χ1v) is 6.71. The maximum absolute atomic E-state index is 12.4. The Hall–Kier alpha value is -2.07. The third kappa shape index (κ3) is 2.75. The molecular formula is C16H16N2OS. The Kier molecular flexibility index (Phi) is 4.25. The molecule has 3 nitrogen and oxygen atoms in total. The lowest BCUT2D eigenvalue weighted by atomic mass is 10.1. The van der Waals surface area contributed by atoms with Gasteiger partial charge in [0, 0.05) is 4.90 Å². The molecule has 20 heavy (non-hydrogen) atoms. The average Bonchev–Trinajstić information content (AvgIpc) is 2.73. The van der Waals surface area contributed by atoms with Crippen molar-refractivity contribution in [2.45, 2.75) is 18.7 Å². The van der Waals surface area contributed by atoms with Gasteiger partial charge < -0.3 is 0 Å². The Morgan fingerprint density at radius 2 is 2.00 bits per heavy atom. The molecule has 0 bridgehead atoms. The molecule has 0 saturated carbocycles. The molecule has 0 unspecified atom stereocenters. The van der Waals surface area contributed by atoms with Crippen LogP contribution >= 0.6 is 12.6 Å². The molecule has 1 heterocycles. The second-order valence-electron chi connectivity index (χ2n) is 4.37. The van der Waals surface area contributed by atoms with Crippen LogP contribution in [0.4, 0.5) is 5.69 Å². The summed E-state index contributed by atoms with van der Waals surface area (Å²) in [6.45, 7) is 7.46. The molecule has 1 amide bonds. The van der Waals surface area contributed by atoms with Gasteiger partial charge in [-0.1, -0.05) is 18.7 Å². The first-order chi connectivity index (χ1) is 9.56. The van der Waals surface area contributed by atoms with E-state index in [-0.39, 0.29) is 5.91 Å². The first kappa shape index (κ1) is 14.3. The topological polar surface area (TPSA) is 32.7 Å². The van der Waals surface area contributed by atoms with E-state index in [1.54, 1.807) is 12.2 Å². The second-order valence-corrected chi connectivity index (χ2v) is 4.89. The lowest BCUT2D eigenvalue weighted by molar-refractivity contribution is -0.114. The molecule has 4 heteroatoms. The van der Waals surface area contributed by atoms with Gasteiger partial charge >= 0.3 is 0 Å². The summed E-state index contributed by atoms with van der Waals surface area (Å²) in [7, 11) is 0. The molecule has 0 fully saturated rings. The molecule has 0 aromatic heterocycles. The number of rotatable bonds is 3. The Bertz CT molecular complexity index is 639. The van der Waals surface area contributed by atoms with Crippen molar-refractivity contribution >= 4 is 29.9 Å². The van der Waals surface area contributed by atoms with Gasteiger partial charge in [-0.15, -0.1) is 12.6 Å². The minimum absolute atomic E-state index is 0.129. The fraction of sp³-hybridized carbons (Fsp3) is 0.125. The van der Waals surface area contributed by atoms with Crippen LogP contribution in [0, 0.1) is 0 Å². The molecule has 1 aromatic carbocycles. The standard InChI is InChI=1S/C16H16N2OS/c1-4-12(5-2)10-15-11(3)17-18(16(15)19)13-6-8-14(20)9-7-13/h4-10,20H,1H2,2-3H3. The van der Waals surface area contributed by atoms with Crippen LogP contribution in [-0.2, 0) is 4.79 Å². The molecule has 2 rings (SSSR count). The van der Waals surface area contributed by atoms with E-state index in [9.17, 15) is 4.79 Å². The van der Waals surface area contributed by atoms with E-state index in [1.807, 2.05) is 44.2 Å². The molecule has 0 atom stereocenters. The largest absolute Gasteiger partial charge is 0.280 e. The summed E-state index contributed by atoms with van der Waals surface area (Å²) in [6, 6.07) is 7.31. The monoisotopic (exact) mass is 284 g/mol. The Labute approximate surface area is 124 Å². The number of nitrogens with zero attached hydrogens (tertiary/aromatic N) is 2. The summed E-state index contributed by atoms with van der Waals surface area (Å²) in [5, 5.41) is 5.73. The highest BCUT2D eigenvalue weighted by atomic mass is 32.1. The number of hydrazone groups is 1. The Morgan fingerprint density at radius 3 is 2.55 bits per heavy atom. The highest BCUT2D eigenvalue weighted by molar-refractivity contribution is 7.80. The van der Waals surface area contributed by atoms with Crippen molar-refractivity contribution in [3.63, 3.8) is 0 Å². The van der Waals surface area contributed by atoms with Crippen LogP contribution in [0.3, 0.4) is 0 Å². The normalized spacial score (nSPS) is 17.6. The van der Waals surface area contributed by atoms with Gasteiger partial charge in [0.05, 0.1) is 17.0 Å². The number of thiol groups is 1. The summed E-state index contributed by atoms with van der Waals surface area (Å²) in [4.78, 5) is 13.3. The van der Waals surface area contributed by atoms with E-state index < -0.39 is 0 Å². The molecular weight excluding hydrogens is 268 g/mol. The van der Waals surface area contributed by atoms with Crippen molar-refractivity contribution < 1.29 is 4.79 Å². The predicted molar refractivity (Wildman–Crippen MR) is 86.3 cm³/mol. The van der Waals surface area contributed by atoms with Crippen LogP contribution in [0.2, 0.25) is 0 Å². The van der Waals surface area contributed by atoms with Crippen molar-refractivity contribution in [2.24, 2.45) is 5.10 Å². The number of hydrogen-bond donors (Lipinski definition) is 1. The maximum Gasteiger partial charge on any atom is 0.280 e. The molecule has 0 radical (unpaired) electrons. The van der Waals surface area contributed by atoms with Gasteiger partial charge in [0.2, 0.25) is 0 Å². The quantitative estimate of drug-likeness (QED) is 0.512. The summed E-state index contributed by atoms with van der Waals surface area (Å²) in [5.74, 6) is -0.129. The minimum Gasteiger partial charge on any atom is -0.267 e. The second kappa shape index (κ2) is 5.92. The SMILES string of the molecule is C=CC(=CC)C=C1C(=O)N(c2ccc(S)cc2)N=C1C. The lowest BCUT2D eigenvalue weighted by Crippen LogP contribution is -2.21. The van der Waals surface area contributed by atoms with Crippen molar-refractivity contribution in [3.05, 3.63) is 60.2 Å². The highest BCUT2D eigenvalue weighted by Gasteiger charge is 2.28. The number of carbonyl (C=O) groups excluding carboxylic acids is 1. The van der Waals surface area contributed by atoms with E-state index in [4.69, 9.17) is 0 Å². The molecule has 0 N–H and O–H groups in total. The number of carbonyl (C=O) groups is 1. The molecule has 0 aliphatic carbocycles. The number of benzene rings is 1. The van der Waals surface area contributed by atoms with Gasteiger partial charge in [-0.2, -0.15) is 10.1 Å². The zero-order valence-electron chi connectivity index (χ0n) is 11.5. The minimum atomic E-state index is -0.129. The maximum atomic E-state index is 12.4. The van der Waals surface area contributed by atoms with Crippen LogP contribution in [-0.4, -0.2) is 11.6 Å². The van der Waals surface area contributed by atoms with Gasteiger partial charge in [-0.3, -0.25) is 4.79 Å². The summed E-state index contributed by atoms with van der Waals surface area (Å²) in [6.07, 6.45) is 5.42. The van der Waals surface area contributed by atoms with Crippen LogP contribution in [0.15, 0.2) is 70.2 Å². The average molecular weight is 284 g/mol. The van der Waals surface area contributed by atoms with Crippen molar-refractivity contribution in [1.29, 1.82) is 0 Å².